The molecule has 0 amide bonds. The van der Waals surface area contributed by atoms with Crippen LogP contribution in [-0.4, -0.2) is 11.6 Å². The van der Waals surface area contributed by atoms with Gasteiger partial charge in [0, 0.05) is 5.57 Å². The van der Waals surface area contributed by atoms with Gasteiger partial charge in [0.25, 0.3) is 0 Å². The predicted octanol–water partition coefficient (Wildman–Crippen LogP) is 2.69. The van der Waals surface area contributed by atoms with E-state index in [1.54, 1.807) is 6.92 Å². The van der Waals surface area contributed by atoms with Crippen molar-refractivity contribution in [3.8, 4) is 12.3 Å². The highest BCUT2D eigenvalue weighted by Crippen LogP contribution is 2.34. The Bertz CT molecular complexity index is 301. The Morgan fingerprint density at radius 1 is 1.53 bits per heavy atom. The molecule has 0 saturated heterocycles. The first-order chi connectivity index (χ1) is 6.99. The van der Waals surface area contributed by atoms with Gasteiger partial charge in [-0.05, 0) is 38.5 Å². The van der Waals surface area contributed by atoms with E-state index in [1.165, 1.54) is 0 Å². The van der Waals surface area contributed by atoms with Crippen molar-refractivity contribution in [2.24, 2.45) is 5.92 Å². The van der Waals surface area contributed by atoms with Gasteiger partial charge in [-0.15, -0.1) is 6.42 Å². The van der Waals surface area contributed by atoms with Crippen molar-refractivity contribution in [3.63, 3.8) is 0 Å². The molecule has 1 aliphatic carbocycles. The molecule has 1 rings (SSSR count). The van der Waals surface area contributed by atoms with Crippen molar-refractivity contribution in [2.45, 2.75) is 45.1 Å². The zero-order valence-electron chi connectivity index (χ0n) is 9.51. The van der Waals surface area contributed by atoms with Gasteiger partial charge in [0.2, 0.25) is 0 Å². The lowest BCUT2D eigenvalue weighted by Gasteiger charge is -2.34. The molecule has 0 aromatic heterocycles. The summed E-state index contributed by atoms with van der Waals surface area (Å²) in [5, 5.41) is 0. The summed E-state index contributed by atoms with van der Waals surface area (Å²) in [5.74, 6) is 2.94. The van der Waals surface area contributed by atoms with Crippen molar-refractivity contribution in [3.05, 3.63) is 12.2 Å². The van der Waals surface area contributed by atoms with Crippen molar-refractivity contribution >= 4 is 5.97 Å². The van der Waals surface area contributed by atoms with E-state index < -0.39 is 5.60 Å². The van der Waals surface area contributed by atoms with E-state index in [1.807, 2.05) is 0 Å². The zero-order chi connectivity index (χ0) is 11.5. The molecule has 1 saturated carbocycles. The van der Waals surface area contributed by atoms with Crippen LogP contribution < -0.4 is 0 Å². The fourth-order valence-electron chi connectivity index (χ4n) is 1.77. The number of terminal acetylenes is 1. The maximum atomic E-state index is 11.4. The molecule has 0 unspecified atom stereocenters. The minimum absolute atomic E-state index is 0.373. The van der Waals surface area contributed by atoms with Crippen LogP contribution in [0.15, 0.2) is 12.2 Å². The summed E-state index contributed by atoms with van der Waals surface area (Å²) < 4.78 is 5.36. The summed E-state index contributed by atoms with van der Waals surface area (Å²) in [7, 11) is 0. The Morgan fingerprint density at radius 3 is 2.47 bits per heavy atom. The molecule has 0 aliphatic heterocycles. The lowest BCUT2D eigenvalue weighted by molar-refractivity contribution is -0.152. The fourth-order valence-corrected chi connectivity index (χ4v) is 1.77. The van der Waals surface area contributed by atoms with Crippen LogP contribution in [0.5, 0.6) is 0 Å². The molecule has 1 aliphatic rings. The smallest absolute Gasteiger partial charge is 0.334 e. The summed E-state index contributed by atoms with van der Waals surface area (Å²) in [6.45, 7) is 7.39. The van der Waals surface area contributed by atoms with Crippen LogP contribution in [-0.2, 0) is 9.53 Å². The van der Waals surface area contributed by atoms with Crippen molar-refractivity contribution < 1.29 is 9.53 Å². The van der Waals surface area contributed by atoms with Gasteiger partial charge >= 0.3 is 5.97 Å². The molecular weight excluding hydrogens is 188 g/mol. The highest BCUT2D eigenvalue weighted by molar-refractivity contribution is 5.87. The van der Waals surface area contributed by atoms with Crippen LogP contribution in [0.25, 0.3) is 0 Å². The van der Waals surface area contributed by atoms with Gasteiger partial charge in [-0.3, -0.25) is 0 Å². The van der Waals surface area contributed by atoms with Crippen LogP contribution in [0.2, 0.25) is 0 Å². The van der Waals surface area contributed by atoms with E-state index in [2.05, 4.69) is 19.4 Å². The monoisotopic (exact) mass is 206 g/mol. The summed E-state index contributed by atoms with van der Waals surface area (Å²) in [6.07, 6.45) is 9.05. The fraction of sp³-hybridized carbons (Fsp3) is 0.615. The number of hydrogen-bond donors (Lipinski definition) is 0. The number of rotatable bonds is 2. The number of ether oxygens (including phenoxy) is 1. The summed E-state index contributed by atoms with van der Waals surface area (Å²) in [5.41, 5.74) is -0.272. The van der Waals surface area contributed by atoms with Crippen molar-refractivity contribution in [1.29, 1.82) is 0 Å². The average Bonchev–Trinajstić information content (AvgIpc) is 2.21. The van der Waals surface area contributed by atoms with E-state index in [-0.39, 0.29) is 5.97 Å². The third kappa shape index (κ3) is 2.86. The largest absolute Gasteiger partial charge is 0.443 e. The van der Waals surface area contributed by atoms with Gasteiger partial charge in [-0.25, -0.2) is 4.79 Å². The van der Waals surface area contributed by atoms with E-state index in [4.69, 9.17) is 11.2 Å². The minimum atomic E-state index is -0.678. The van der Waals surface area contributed by atoms with Gasteiger partial charge in [0.05, 0.1) is 0 Å². The lowest BCUT2D eigenvalue weighted by atomic mass is 9.80. The van der Waals surface area contributed by atoms with Crippen LogP contribution in [0.4, 0.5) is 0 Å². The molecular formula is C13H18O2. The topological polar surface area (TPSA) is 26.3 Å². The second-order valence-electron chi connectivity index (χ2n) is 4.49. The molecule has 82 valence electrons. The predicted molar refractivity (Wildman–Crippen MR) is 60.1 cm³/mol. The molecule has 0 aromatic carbocycles. The van der Waals surface area contributed by atoms with E-state index in [9.17, 15) is 4.79 Å². The molecule has 0 heterocycles. The second kappa shape index (κ2) is 4.53. The van der Waals surface area contributed by atoms with Crippen LogP contribution in [0, 0.1) is 18.3 Å². The third-order valence-corrected chi connectivity index (χ3v) is 2.98. The average molecular weight is 206 g/mol. The van der Waals surface area contributed by atoms with Gasteiger partial charge in [0.15, 0.2) is 5.60 Å². The quantitative estimate of drug-likeness (QED) is 0.394. The summed E-state index contributed by atoms with van der Waals surface area (Å²) in [4.78, 5) is 11.4. The van der Waals surface area contributed by atoms with Crippen LogP contribution >= 0.6 is 0 Å². The Morgan fingerprint density at radius 2 is 2.07 bits per heavy atom. The van der Waals surface area contributed by atoms with Gasteiger partial charge < -0.3 is 4.74 Å². The molecule has 0 spiro atoms. The number of carbonyl (C=O) groups excluding carboxylic acids is 1. The molecule has 0 radical (unpaired) electrons. The van der Waals surface area contributed by atoms with Crippen molar-refractivity contribution in [2.75, 3.05) is 0 Å². The van der Waals surface area contributed by atoms with Gasteiger partial charge in [-0.1, -0.05) is 19.4 Å². The second-order valence-corrected chi connectivity index (χ2v) is 4.49. The standard InChI is InChI=1S/C13H18O2/c1-5-13(15-12(14)10(2)3)8-6-11(4)7-9-13/h1,11H,2,6-9H2,3-4H3. The van der Waals surface area contributed by atoms with Crippen LogP contribution in [0.3, 0.4) is 0 Å². The molecule has 0 atom stereocenters. The molecule has 2 heteroatoms. The van der Waals surface area contributed by atoms with E-state index in [0.29, 0.717) is 11.5 Å². The minimum Gasteiger partial charge on any atom is -0.443 e. The van der Waals surface area contributed by atoms with Crippen LogP contribution in [0.1, 0.15) is 39.5 Å². The number of carbonyl (C=O) groups is 1. The normalized spacial score (nSPS) is 30.3. The van der Waals surface area contributed by atoms with Gasteiger partial charge in [-0.2, -0.15) is 0 Å². The summed E-state index contributed by atoms with van der Waals surface area (Å²) in [6, 6.07) is 0. The number of esters is 1. The Labute approximate surface area is 91.7 Å². The maximum absolute atomic E-state index is 11.4. The molecule has 0 aromatic rings. The first-order valence-electron chi connectivity index (χ1n) is 5.36. The maximum Gasteiger partial charge on any atom is 0.334 e. The van der Waals surface area contributed by atoms with Gasteiger partial charge in [0.1, 0.15) is 0 Å². The highest BCUT2D eigenvalue weighted by atomic mass is 16.6. The molecule has 2 nitrogen and oxygen atoms in total. The Balaban J connectivity index is 2.67. The lowest BCUT2D eigenvalue weighted by Crippen LogP contribution is -2.37. The summed E-state index contributed by atoms with van der Waals surface area (Å²) >= 11 is 0. The SMILES string of the molecule is C#CC1(OC(=O)C(=C)C)CCC(C)CC1. The first kappa shape index (κ1) is 11.8. The third-order valence-electron chi connectivity index (χ3n) is 2.98. The highest BCUT2D eigenvalue weighted by Gasteiger charge is 2.36. The zero-order valence-corrected chi connectivity index (χ0v) is 9.51. The Hall–Kier alpha value is -1.23. The van der Waals surface area contributed by atoms with Crippen molar-refractivity contribution in [1.82, 2.24) is 0 Å². The molecule has 1 fully saturated rings. The molecule has 0 N–H and O–H groups in total. The first-order valence-corrected chi connectivity index (χ1v) is 5.36. The van der Waals surface area contributed by atoms with E-state index >= 15 is 0 Å². The Kier molecular flexibility index (Phi) is 3.57. The molecule has 0 bridgehead atoms. The molecule has 15 heavy (non-hydrogen) atoms. The number of hydrogen-bond acceptors (Lipinski definition) is 2. The van der Waals surface area contributed by atoms with E-state index in [0.717, 1.165) is 25.7 Å².